The molecule has 1 N–H and O–H groups in total. The van der Waals surface area contributed by atoms with Gasteiger partial charge in [-0.2, -0.15) is 5.26 Å². The fourth-order valence-electron chi connectivity index (χ4n) is 3.37. The summed E-state index contributed by atoms with van der Waals surface area (Å²) in [5.74, 6) is 1.05. The number of rotatable bonds is 7. The minimum absolute atomic E-state index is 0.0314. The molecule has 0 bridgehead atoms. The summed E-state index contributed by atoms with van der Waals surface area (Å²) in [7, 11) is 1.63. The van der Waals surface area contributed by atoms with Crippen LogP contribution in [0.1, 0.15) is 23.9 Å². The van der Waals surface area contributed by atoms with Crippen LogP contribution in [0.2, 0.25) is 0 Å². The van der Waals surface area contributed by atoms with Gasteiger partial charge in [-0.1, -0.05) is 0 Å². The monoisotopic (exact) mass is 415 g/mol. The van der Waals surface area contributed by atoms with Gasteiger partial charge in [0, 0.05) is 22.8 Å². The van der Waals surface area contributed by atoms with Crippen molar-refractivity contribution in [3.05, 3.63) is 77.1 Å². The van der Waals surface area contributed by atoms with Crippen LogP contribution in [0.5, 0.6) is 11.5 Å². The molecule has 3 rings (SSSR count). The maximum atomic E-state index is 12.6. The van der Waals surface area contributed by atoms with Crippen molar-refractivity contribution in [1.82, 2.24) is 4.57 Å². The van der Waals surface area contributed by atoms with E-state index >= 15 is 0 Å². The third-order valence-electron chi connectivity index (χ3n) is 4.89. The zero-order valence-corrected chi connectivity index (χ0v) is 18.1. The van der Waals surface area contributed by atoms with Crippen LogP contribution in [0.15, 0.2) is 60.2 Å². The number of carbonyl (C=O) groups is 1. The second-order valence-corrected chi connectivity index (χ2v) is 6.94. The minimum atomic E-state index is -0.457. The lowest BCUT2D eigenvalue weighted by molar-refractivity contribution is -0.112. The Morgan fingerprint density at radius 3 is 2.32 bits per heavy atom. The number of anilines is 1. The van der Waals surface area contributed by atoms with Crippen LogP contribution in [0, 0.1) is 25.2 Å². The second-order valence-electron chi connectivity index (χ2n) is 6.94. The van der Waals surface area contributed by atoms with E-state index in [-0.39, 0.29) is 5.57 Å². The first-order chi connectivity index (χ1) is 15.0. The SMILES string of the molecule is CCOc1ccc(NC(=O)/C(C#N)=C\c2cc(C)n(-c3ccc(OC)cc3)c2C)cc1. The standard InChI is InChI=1S/C25H25N3O3/c1-5-31-24-10-6-21(7-11-24)27-25(29)20(16-26)15-19-14-17(2)28(18(19)3)22-8-12-23(30-4)13-9-22/h6-15H,5H2,1-4H3,(H,27,29)/b20-15-. The number of amides is 1. The van der Waals surface area contributed by atoms with E-state index in [1.165, 1.54) is 0 Å². The Morgan fingerprint density at radius 2 is 1.74 bits per heavy atom. The third-order valence-corrected chi connectivity index (χ3v) is 4.89. The Kier molecular flexibility index (Phi) is 6.78. The van der Waals surface area contributed by atoms with E-state index in [2.05, 4.69) is 9.88 Å². The molecule has 0 aliphatic heterocycles. The summed E-state index contributed by atoms with van der Waals surface area (Å²) in [6.07, 6.45) is 1.62. The van der Waals surface area contributed by atoms with Crippen molar-refractivity contribution < 1.29 is 14.3 Å². The molecule has 0 aliphatic carbocycles. The summed E-state index contributed by atoms with van der Waals surface area (Å²) in [6, 6.07) is 18.7. The van der Waals surface area contributed by atoms with Crippen molar-refractivity contribution in [3.8, 4) is 23.3 Å². The Morgan fingerprint density at radius 1 is 1.10 bits per heavy atom. The summed E-state index contributed by atoms with van der Waals surface area (Å²) >= 11 is 0. The molecule has 2 aromatic carbocycles. The first-order valence-electron chi connectivity index (χ1n) is 9.96. The van der Waals surface area contributed by atoms with Crippen LogP contribution in [-0.2, 0) is 4.79 Å². The van der Waals surface area contributed by atoms with E-state index in [0.717, 1.165) is 34.1 Å². The molecule has 1 heterocycles. The van der Waals surface area contributed by atoms with Gasteiger partial charge in [-0.25, -0.2) is 0 Å². The minimum Gasteiger partial charge on any atom is -0.497 e. The van der Waals surface area contributed by atoms with Gasteiger partial charge in [0.1, 0.15) is 23.1 Å². The highest BCUT2D eigenvalue weighted by Crippen LogP contribution is 2.25. The fourth-order valence-corrected chi connectivity index (χ4v) is 3.37. The van der Waals surface area contributed by atoms with Gasteiger partial charge in [-0.15, -0.1) is 0 Å². The molecule has 3 aromatic rings. The third kappa shape index (κ3) is 4.96. The van der Waals surface area contributed by atoms with Crippen molar-refractivity contribution in [3.63, 3.8) is 0 Å². The molecule has 158 valence electrons. The lowest BCUT2D eigenvalue weighted by atomic mass is 10.1. The summed E-state index contributed by atoms with van der Waals surface area (Å²) in [6.45, 7) is 6.43. The molecule has 6 nitrogen and oxygen atoms in total. The van der Waals surface area contributed by atoms with Crippen molar-refractivity contribution in [2.45, 2.75) is 20.8 Å². The van der Waals surface area contributed by atoms with Crippen LogP contribution >= 0.6 is 0 Å². The van der Waals surface area contributed by atoms with Gasteiger partial charge in [0.2, 0.25) is 0 Å². The molecule has 0 fully saturated rings. The molecular weight excluding hydrogens is 390 g/mol. The van der Waals surface area contributed by atoms with Gasteiger partial charge in [0.15, 0.2) is 0 Å². The first kappa shape index (κ1) is 21.7. The molecule has 0 saturated heterocycles. The van der Waals surface area contributed by atoms with Gasteiger partial charge < -0.3 is 19.4 Å². The molecule has 0 saturated carbocycles. The summed E-state index contributed by atoms with van der Waals surface area (Å²) in [5.41, 5.74) is 4.35. The molecule has 0 spiro atoms. The maximum Gasteiger partial charge on any atom is 0.266 e. The molecule has 0 unspecified atom stereocenters. The molecule has 31 heavy (non-hydrogen) atoms. The first-order valence-corrected chi connectivity index (χ1v) is 9.96. The Hall–Kier alpha value is -3.98. The number of benzene rings is 2. The van der Waals surface area contributed by atoms with Gasteiger partial charge >= 0.3 is 0 Å². The molecule has 0 radical (unpaired) electrons. The number of hydrogen-bond donors (Lipinski definition) is 1. The highest BCUT2D eigenvalue weighted by molar-refractivity contribution is 6.09. The van der Waals surface area contributed by atoms with Crippen LogP contribution in [0.4, 0.5) is 5.69 Å². The zero-order valence-electron chi connectivity index (χ0n) is 18.1. The van der Waals surface area contributed by atoms with Crippen molar-refractivity contribution in [1.29, 1.82) is 5.26 Å². The van der Waals surface area contributed by atoms with Gasteiger partial charge in [0.05, 0.1) is 13.7 Å². The predicted molar refractivity (Wildman–Crippen MR) is 122 cm³/mol. The number of methoxy groups -OCH3 is 1. The number of aryl methyl sites for hydroxylation is 1. The Bertz CT molecular complexity index is 1130. The molecule has 0 atom stereocenters. The number of nitriles is 1. The number of nitrogens with one attached hydrogen (secondary N) is 1. The quantitative estimate of drug-likeness (QED) is 0.433. The van der Waals surface area contributed by atoms with Crippen molar-refractivity contribution >= 4 is 17.7 Å². The van der Waals surface area contributed by atoms with E-state index in [9.17, 15) is 10.1 Å². The highest BCUT2D eigenvalue weighted by atomic mass is 16.5. The summed E-state index contributed by atoms with van der Waals surface area (Å²) in [5, 5.41) is 12.3. The van der Waals surface area contributed by atoms with E-state index in [4.69, 9.17) is 9.47 Å². The van der Waals surface area contributed by atoms with E-state index in [0.29, 0.717) is 12.3 Å². The lowest BCUT2D eigenvalue weighted by Gasteiger charge is -2.10. The number of carbonyl (C=O) groups excluding carboxylic acids is 1. The number of nitrogens with zero attached hydrogens (tertiary/aromatic N) is 2. The Labute approximate surface area is 182 Å². The van der Waals surface area contributed by atoms with E-state index in [1.807, 2.05) is 57.2 Å². The number of hydrogen-bond acceptors (Lipinski definition) is 4. The molecule has 1 amide bonds. The average Bonchev–Trinajstić information content (AvgIpc) is 3.06. The fraction of sp³-hybridized carbons (Fsp3) is 0.200. The smallest absolute Gasteiger partial charge is 0.266 e. The number of ether oxygens (including phenoxy) is 2. The van der Waals surface area contributed by atoms with Crippen LogP contribution in [-0.4, -0.2) is 24.2 Å². The van der Waals surface area contributed by atoms with Gasteiger partial charge in [-0.3, -0.25) is 4.79 Å². The van der Waals surface area contributed by atoms with E-state index < -0.39 is 5.91 Å². The molecule has 6 heteroatoms. The van der Waals surface area contributed by atoms with E-state index in [1.54, 1.807) is 37.5 Å². The Balaban J connectivity index is 1.84. The maximum absolute atomic E-state index is 12.6. The topological polar surface area (TPSA) is 76.3 Å². The van der Waals surface area contributed by atoms with Gasteiger partial charge in [-0.05, 0) is 87.0 Å². The largest absolute Gasteiger partial charge is 0.497 e. The molecular formula is C25H25N3O3. The lowest BCUT2D eigenvalue weighted by Crippen LogP contribution is -2.13. The summed E-state index contributed by atoms with van der Waals surface area (Å²) < 4.78 is 12.7. The normalized spacial score (nSPS) is 11.0. The zero-order chi connectivity index (χ0) is 22.4. The second kappa shape index (κ2) is 9.68. The molecule has 1 aromatic heterocycles. The van der Waals surface area contributed by atoms with Crippen LogP contribution in [0.3, 0.4) is 0 Å². The van der Waals surface area contributed by atoms with Crippen molar-refractivity contribution in [2.24, 2.45) is 0 Å². The van der Waals surface area contributed by atoms with Crippen LogP contribution in [0.25, 0.3) is 11.8 Å². The van der Waals surface area contributed by atoms with Gasteiger partial charge in [0.25, 0.3) is 5.91 Å². The average molecular weight is 415 g/mol. The predicted octanol–water partition coefficient (Wildman–Crippen LogP) is 5.05. The number of aromatic nitrogens is 1. The summed E-state index contributed by atoms with van der Waals surface area (Å²) in [4.78, 5) is 12.6. The molecule has 0 aliphatic rings. The highest BCUT2D eigenvalue weighted by Gasteiger charge is 2.14. The van der Waals surface area contributed by atoms with Crippen molar-refractivity contribution in [2.75, 3.05) is 19.0 Å². The van der Waals surface area contributed by atoms with Crippen LogP contribution < -0.4 is 14.8 Å².